The van der Waals surface area contributed by atoms with Gasteiger partial charge in [0.25, 0.3) is 0 Å². The molecule has 3 atom stereocenters. The van der Waals surface area contributed by atoms with Crippen molar-refractivity contribution in [1.29, 1.82) is 5.26 Å². The van der Waals surface area contributed by atoms with Crippen molar-refractivity contribution in [2.24, 2.45) is 0 Å². The number of methoxy groups -OCH3 is 1. The largest absolute Gasteiger partial charge is 0.493 e. The van der Waals surface area contributed by atoms with Crippen LogP contribution < -0.4 is 20.7 Å². The first-order valence-corrected chi connectivity index (χ1v) is 16.2. The summed E-state index contributed by atoms with van der Waals surface area (Å²) in [5.74, 6) is 0.220. The minimum atomic E-state index is -0.881. The van der Waals surface area contributed by atoms with Crippen LogP contribution in [0.15, 0.2) is 103 Å². The van der Waals surface area contributed by atoms with Gasteiger partial charge in [0.1, 0.15) is 11.8 Å². The third-order valence-electron chi connectivity index (χ3n) is 8.40. The quantitative estimate of drug-likeness (QED) is 0.161. The number of carbonyl (C=O) groups excluding carboxylic acids is 2. The number of aromatic nitrogens is 1. The lowest BCUT2D eigenvalue weighted by Crippen LogP contribution is -2.45. The van der Waals surface area contributed by atoms with E-state index in [-0.39, 0.29) is 24.0 Å². The molecule has 5 rings (SSSR count). The van der Waals surface area contributed by atoms with Crippen molar-refractivity contribution in [3.63, 3.8) is 0 Å². The number of pyridine rings is 1. The molecule has 0 bridgehead atoms. The Kier molecular flexibility index (Phi) is 12.5. The Morgan fingerprint density at radius 3 is 2.27 bits per heavy atom. The molecule has 3 N–H and O–H groups in total. The average molecular weight is 648 g/mol. The summed E-state index contributed by atoms with van der Waals surface area (Å²) in [6, 6.07) is 30.1. The second kappa shape index (κ2) is 17.6. The van der Waals surface area contributed by atoms with Gasteiger partial charge in [0.15, 0.2) is 0 Å². The Bertz CT molecular complexity index is 1610. The van der Waals surface area contributed by atoms with Gasteiger partial charge < -0.3 is 30.2 Å². The van der Waals surface area contributed by atoms with Crippen molar-refractivity contribution in [2.45, 2.75) is 49.9 Å². The van der Waals surface area contributed by atoms with Crippen LogP contribution in [0.2, 0.25) is 0 Å². The zero-order valence-corrected chi connectivity index (χ0v) is 27.0. The Morgan fingerprint density at radius 2 is 1.62 bits per heavy atom. The van der Waals surface area contributed by atoms with E-state index >= 15 is 0 Å². The molecule has 1 aromatic heterocycles. The summed E-state index contributed by atoms with van der Waals surface area (Å²) in [5.41, 5.74) is 4.18. The molecule has 1 aliphatic rings. The molecule has 2 heterocycles. The van der Waals surface area contributed by atoms with E-state index < -0.39 is 12.1 Å². The molecule has 1 saturated heterocycles. The lowest BCUT2D eigenvalue weighted by Gasteiger charge is -2.31. The van der Waals surface area contributed by atoms with Crippen LogP contribution in [0.25, 0.3) is 0 Å². The van der Waals surface area contributed by atoms with Gasteiger partial charge in [-0.3, -0.25) is 9.78 Å². The maximum absolute atomic E-state index is 13.8. The lowest BCUT2D eigenvalue weighted by molar-refractivity contribution is -0.118. The molecule has 0 aliphatic carbocycles. The maximum atomic E-state index is 13.8. The number of amides is 2. The van der Waals surface area contributed by atoms with E-state index in [1.54, 1.807) is 36.7 Å². The fraction of sp³-hybridized carbons (Fsp3) is 0.316. The SMILES string of the molecule is COC(=O)N[C@@H](CC(c1ccccc1)c1ccccc1)C(=O)Nc1cnccc1CCC1CNC[C@@H](CCOc2ccc(C#N)cc2)O1. The highest BCUT2D eigenvalue weighted by atomic mass is 16.5. The molecule has 1 fully saturated rings. The molecule has 0 radical (unpaired) electrons. The molecule has 1 unspecified atom stereocenters. The number of ether oxygens (including phenoxy) is 3. The molecule has 0 saturated carbocycles. The van der Waals surface area contributed by atoms with Gasteiger partial charge in [-0.1, -0.05) is 60.7 Å². The summed E-state index contributed by atoms with van der Waals surface area (Å²) in [4.78, 5) is 30.5. The van der Waals surface area contributed by atoms with Crippen LogP contribution in [-0.4, -0.2) is 62.0 Å². The highest BCUT2D eigenvalue weighted by molar-refractivity contribution is 5.97. The van der Waals surface area contributed by atoms with Crippen LogP contribution in [0.3, 0.4) is 0 Å². The predicted octanol–water partition coefficient (Wildman–Crippen LogP) is 5.60. The summed E-state index contributed by atoms with van der Waals surface area (Å²) in [7, 11) is 1.28. The van der Waals surface area contributed by atoms with Crippen LogP contribution in [0.4, 0.5) is 10.5 Å². The summed E-state index contributed by atoms with van der Waals surface area (Å²) < 4.78 is 17.1. The molecular weight excluding hydrogens is 606 g/mol. The van der Waals surface area contributed by atoms with Crippen molar-refractivity contribution in [3.8, 4) is 11.8 Å². The van der Waals surface area contributed by atoms with Crippen molar-refractivity contribution in [3.05, 3.63) is 126 Å². The Balaban J connectivity index is 1.20. The normalized spacial score (nSPS) is 16.4. The van der Waals surface area contributed by atoms with Gasteiger partial charge in [-0.25, -0.2) is 4.79 Å². The zero-order chi connectivity index (χ0) is 33.6. The van der Waals surface area contributed by atoms with Crippen LogP contribution >= 0.6 is 0 Å². The fourth-order valence-electron chi connectivity index (χ4n) is 5.84. The van der Waals surface area contributed by atoms with Crippen molar-refractivity contribution in [1.82, 2.24) is 15.6 Å². The summed E-state index contributed by atoms with van der Waals surface area (Å²) in [6.07, 6.45) is 5.10. The number of rotatable bonds is 14. The van der Waals surface area contributed by atoms with Crippen LogP contribution in [0.5, 0.6) is 5.75 Å². The molecule has 248 valence electrons. The number of morpholine rings is 1. The van der Waals surface area contributed by atoms with E-state index in [0.717, 1.165) is 48.4 Å². The molecule has 4 aromatic rings. The fourth-order valence-corrected chi connectivity index (χ4v) is 5.84. The van der Waals surface area contributed by atoms with Crippen LogP contribution in [-0.2, 0) is 20.7 Å². The van der Waals surface area contributed by atoms with E-state index in [9.17, 15) is 9.59 Å². The number of hydrogen-bond donors (Lipinski definition) is 3. The second-order valence-corrected chi connectivity index (χ2v) is 11.7. The average Bonchev–Trinajstić information content (AvgIpc) is 3.14. The molecule has 10 heteroatoms. The first-order valence-electron chi connectivity index (χ1n) is 16.2. The van der Waals surface area contributed by atoms with Gasteiger partial charge in [0.05, 0.1) is 49.4 Å². The van der Waals surface area contributed by atoms with Crippen LogP contribution in [0.1, 0.15) is 47.4 Å². The number of benzene rings is 3. The summed E-state index contributed by atoms with van der Waals surface area (Å²) in [5, 5.41) is 18.2. The molecule has 10 nitrogen and oxygen atoms in total. The predicted molar refractivity (Wildman–Crippen MR) is 183 cm³/mol. The second-order valence-electron chi connectivity index (χ2n) is 11.7. The first kappa shape index (κ1) is 34.1. The third-order valence-corrected chi connectivity index (χ3v) is 8.40. The number of alkyl carbamates (subject to hydrolysis) is 1. The van der Waals surface area contributed by atoms with Gasteiger partial charge in [-0.2, -0.15) is 5.26 Å². The Labute approximate surface area is 281 Å². The van der Waals surface area contributed by atoms with Gasteiger partial charge in [0.2, 0.25) is 5.91 Å². The Hall–Kier alpha value is -5.24. The number of nitrogens with zero attached hydrogens (tertiary/aromatic N) is 2. The van der Waals surface area contributed by atoms with Gasteiger partial charge >= 0.3 is 6.09 Å². The summed E-state index contributed by atoms with van der Waals surface area (Å²) in [6.45, 7) is 1.97. The van der Waals surface area contributed by atoms with Crippen LogP contribution in [0, 0.1) is 11.3 Å². The minimum Gasteiger partial charge on any atom is -0.493 e. The topological polar surface area (TPSA) is 135 Å². The molecule has 3 aromatic carbocycles. The maximum Gasteiger partial charge on any atom is 0.407 e. The molecule has 48 heavy (non-hydrogen) atoms. The van der Waals surface area contributed by atoms with Gasteiger partial charge in [-0.15, -0.1) is 0 Å². The lowest BCUT2D eigenvalue weighted by atomic mass is 9.85. The molecule has 2 amide bonds. The van der Waals surface area contributed by atoms with E-state index in [2.05, 4.69) is 27.0 Å². The molecule has 1 aliphatic heterocycles. The van der Waals surface area contributed by atoms with Crippen molar-refractivity contribution in [2.75, 3.05) is 32.1 Å². The van der Waals surface area contributed by atoms with Crippen molar-refractivity contribution < 1.29 is 23.8 Å². The zero-order valence-electron chi connectivity index (χ0n) is 27.0. The molecular formula is C38H41N5O5. The number of carbonyl (C=O) groups is 2. The van der Waals surface area contributed by atoms with Gasteiger partial charge in [-0.05, 0) is 66.3 Å². The number of anilines is 1. The Morgan fingerprint density at radius 1 is 0.958 bits per heavy atom. The number of aryl methyl sites for hydroxylation is 1. The highest BCUT2D eigenvalue weighted by Gasteiger charge is 2.28. The van der Waals surface area contributed by atoms with E-state index in [1.165, 1.54) is 7.11 Å². The number of nitriles is 1. The monoisotopic (exact) mass is 647 g/mol. The number of hydrogen-bond acceptors (Lipinski definition) is 8. The van der Waals surface area contributed by atoms with E-state index in [0.29, 0.717) is 30.7 Å². The van der Waals surface area contributed by atoms with E-state index in [1.807, 2.05) is 66.7 Å². The smallest absolute Gasteiger partial charge is 0.407 e. The van der Waals surface area contributed by atoms with Gasteiger partial charge in [0, 0.05) is 31.6 Å². The highest BCUT2D eigenvalue weighted by Crippen LogP contribution is 2.30. The number of nitrogens with one attached hydrogen (secondary N) is 3. The van der Waals surface area contributed by atoms with E-state index in [4.69, 9.17) is 19.5 Å². The van der Waals surface area contributed by atoms with Crippen molar-refractivity contribution >= 4 is 17.7 Å². The first-order chi connectivity index (χ1) is 23.5. The summed E-state index contributed by atoms with van der Waals surface area (Å²) >= 11 is 0. The molecule has 0 spiro atoms. The minimum absolute atomic E-state index is 0.00562. The standard InChI is InChI=1S/C38H41N5O5/c1-46-38(45)43-35(22-34(28-8-4-2-5-9-28)29-10-6-3-7-11-29)37(44)42-36-26-40-20-18-30(36)14-17-32-24-41-25-33(48-32)19-21-47-31-15-12-27(23-39)13-16-31/h2-13,15-16,18,20,26,32-35,41H,14,17,19,21-22,24-25H2,1H3,(H,42,44)(H,43,45)/t32?,33-,35+/m1/s1. The third kappa shape index (κ3) is 9.88.